The second-order valence-electron chi connectivity index (χ2n) is 14.8. The number of halogens is 2. The number of hydrogen-bond donors (Lipinski definition) is 0. The van der Waals surface area contributed by atoms with E-state index in [-0.39, 0.29) is 24.8 Å². The fraction of sp³-hybridized carbons (Fsp3) is 0.250. The molecular weight excluding hydrogens is 865 g/mol. The van der Waals surface area contributed by atoms with Crippen molar-refractivity contribution >= 4 is 64.7 Å². The first kappa shape index (κ1) is 46.0. The Morgan fingerprint density at radius 1 is 0.382 bits per heavy atom. The average Bonchev–Trinajstić information content (AvgIpc) is 3.17. The Balaban J connectivity index is 0.00000336. The zero-order chi connectivity index (χ0) is 37.5. The van der Waals surface area contributed by atoms with Crippen LogP contribution in [0.5, 0.6) is 0 Å². The molecule has 0 aliphatic carbocycles. The summed E-state index contributed by atoms with van der Waals surface area (Å²) in [5.74, 6) is 1.82. The summed E-state index contributed by atoms with van der Waals surface area (Å²) in [5, 5.41) is 8.77. The minimum absolute atomic E-state index is 0. The third-order valence-corrected chi connectivity index (χ3v) is 23.6. The quantitative estimate of drug-likeness (QED) is 0.115. The second kappa shape index (κ2) is 21.9. The molecule has 0 atom stereocenters. The third-order valence-electron chi connectivity index (χ3n) is 9.64. The van der Waals surface area contributed by atoms with Gasteiger partial charge in [0.25, 0.3) is 0 Å². The first-order valence-corrected chi connectivity index (χ1v) is 29.2. The molecule has 0 aliphatic rings. The summed E-state index contributed by atoms with van der Waals surface area (Å²) in [4.78, 5) is 3.09. The van der Waals surface area contributed by atoms with Gasteiger partial charge in [0.1, 0.15) is 0 Å². The van der Waals surface area contributed by atoms with Crippen molar-refractivity contribution in [3.05, 3.63) is 168 Å². The van der Waals surface area contributed by atoms with Crippen molar-refractivity contribution < 1.29 is 45.1 Å². The van der Waals surface area contributed by atoms with Crippen molar-refractivity contribution in [2.75, 3.05) is 0 Å². The van der Waals surface area contributed by atoms with Crippen molar-refractivity contribution in [3.8, 4) is 0 Å². The van der Waals surface area contributed by atoms with E-state index in [9.17, 15) is 0 Å². The summed E-state index contributed by atoms with van der Waals surface area (Å²) < 4.78 is 0. The molecule has 0 saturated carbocycles. The van der Waals surface area contributed by atoms with Crippen LogP contribution in [-0.2, 0) is 20.3 Å². The predicted molar refractivity (Wildman–Crippen MR) is 238 cm³/mol. The number of benzene rings is 6. The topological polar surface area (TPSA) is 0 Å². The average molecular weight is 917 g/mol. The van der Waals surface area contributed by atoms with Gasteiger partial charge in [0, 0.05) is 0 Å². The summed E-state index contributed by atoms with van der Waals surface area (Å²) in [6, 6.07) is 55.4. The summed E-state index contributed by atoms with van der Waals surface area (Å²) in [6.07, 6.45) is 0. The van der Waals surface area contributed by atoms with Crippen LogP contribution in [-0.4, -0.2) is 0 Å². The van der Waals surface area contributed by atoms with Gasteiger partial charge in [-0.3, -0.25) is 0 Å². The summed E-state index contributed by atoms with van der Waals surface area (Å²) in [7, 11) is 3.02. The first-order chi connectivity index (χ1) is 25.6. The maximum Gasteiger partial charge on any atom is -1.00 e. The van der Waals surface area contributed by atoms with Crippen LogP contribution in [0.3, 0.4) is 0 Å². The van der Waals surface area contributed by atoms with Crippen LogP contribution in [0.1, 0.15) is 101 Å². The summed E-state index contributed by atoms with van der Waals surface area (Å²) in [5.41, 5.74) is 5.95. The van der Waals surface area contributed by atoms with Crippen molar-refractivity contribution in [1.29, 1.82) is 0 Å². The van der Waals surface area contributed by atoms with E-state index in [1.807, 2.05) is 0 Å². The molecule has 0 unspecified atom stereocenters. The zero-order valence-electron chi connectivity index (χ0n) is 33.1. The monoisotopic (exact) mass is 914 g/mol. The molecular formula is C48H52Cl2P2S2Zr. The molecule has 0 heterocycles. The Labute approximate surface area is 363 Å². The Morgan fingerprint density at radius 3 is 0.891 bits per heavy atom. The SMILES string of the molecule is CC(C)c1cc(C(C)C)c([S][Zr+2][S]c2c(C(C)C)cc(C(C)C)cc2P(c2ccccc2)c2ccccc2)c(P(c2ccccc2)c2ccccc2)c1.[Cl-].[Cl-]. The molecule has 0 radical (unpaired) electrons. The Kier molecular flexibility index (Phi) is 18.3. The van der Waals surface area contributed by atoms with Gasteiger partial charge in [-0.15, -0.1) is 0 Å². The maximum absolute atomic E-state index is 2.58. The van der Waals surface area contributed by atoms with E-state index in [2.05, 4.69) is 218 Å². The van der Waals surface area contributed by atoms with Gasteiger partial charge in [-0.05, 0) is 0 Å². The fourth-order valence-electron chi connectivity index (χ4n) is 6.66. The molecule has 0 spiro atoms. The van der Waals surface area contributed by atoms with Gasteiger partial charge in [-0.25, -0.2) is 0 Å². The smallest absolute Gasteiger partial charge is 1.00 e. The van der Waals surface area contributed by atoms with Crippen molar-refractivity contribution in [2.45, 2.75) is 88.9 Å². The van der Waals surface area contributed by atoms with Crippen LogP contribution < -0.4 is 56.6 Å². The van der Waals surface area contributed by atoms with Gasteiger partial charge >= 0.3 is 342 Å². The van der Waals surface area contributed by atoms with Crippen LogP contribution in [0.4, 0.5) is 0 Å². The van der Waals surface area contributed by atoms with Crippen LogP contribution in [0.25, 0.3) is 0 Å². The van der Waals surface area contributed by atoms with Crippen molar-refractivity contribution in [2.24, 2.45) is 0 Å². The van der Waals surface area contributed by atoms with Gasteiger partial charge < -0.3 is 24.8 Å². The standard InChI is InChI=1S/2C24H27PS.2ClH.Zr/c2*1-17(2)19-15-22(18(3)4)24(26)23(16-19)25(20-11-7-5-8-12-20)21-13-9-6-10-14-21;;;/h2*5-18,26H,1-4H3;2*1H;/q;;;;+4/p-4. The van der Waals surface area contributed by atoms with E-state index in [0.29, 0.717) is 23.7 Å². The molecule has 7 heteroatoms. The molecule has 284 valence electrons. The van der Waals surface area contributed by atoms with Crippen molar-refractivity contribution in [3.63, 3.8) is 0 Å². The normalized spacial score (nSPS) is 11.3. The van der Waals surface area contributed by atoms with Gasteiger partial charge in [0.2, 0.25) is 0 Å². The third kappa shape index (κ3) is 11.3. The Morgan fingerprint density at radius 2 is 0.655 bits per heavy atom. The Hall–Kier alpha value is -1.66. The van der Waals surface area contributed by atoms with E-state index in [0.717, 1.165) is 0 Å². The first-order valence-electron chi connectivity index (χ1n) is 18.9. The molecule has 0 saturated heterocycles. The van der Waals surface area contributed by atoms with Gasteiger partial charge in [-0.2, -0.15) is 0 Å². The molecule has 0 bridgehead atoms. The minimum atomic E-state index is -1.10. The van der Waals surface area contributed by atoms with Crippen LogP contribution in [0.2, 0.25) is 0 Å². The van der Waals surface area contributed by atoms with E-state index in [4.69, 9.17) is 0 Å². The molecule has 0 aliphatic heterocycles. The second-order valence-corrected chi connectivity index (χ2v) is 27.8. The van der Waals surface area contributed by atoms with Gasteiger partial charge in [-0.1, -0.05) is 0 Å². The van der Waals surface area contributed by atoms with Crippen LogP contribution >= 0.6 is 32.9 Å². The fourth-order valence-corrected chi connectivity index (χ4v) is 23.5. The predicted octanol–water partition coefficient (Wildman–Crippen LogP) is 6.50. The largest absolute Gasteiger partial charge is 1.00 e. The van der Waals surface area contributed by atoms with E-state index in [1.165, 1.54) is 54.1 Å². The zero-order valence-corrected chi connectivity index (χ0v) is 40.5. The van der Waals surface area contributed by atoms with Gasteiger partial charge in [0.15, 0.2) is 0 Å². The number of hydrogen-bond acceptors (Lipinski definition) is 2. The molecule has 0 aromatic heterocycles. The summed E-state index contributed by atoms with van der Waals surface area (Å²) in [6.45, 7) is 19.0. The molecule has 0 N–H and O–H groups in total. The molecule has 0 nitrogen and oxygen atoms in total. The van der Waals surface area contributed by atoms with E-state index >= 15 is 0 Å². The molecule has 6 aromatic rings. The van der Waals surface area contributed by atoms with Crippen LogP contribution in [0.15, 0.2) is 155 Å². The number of rotatable bonds is 14. The maximum atomic E-state index is 2.58. The van der Waals surface area contributed by atoms with Crippen LogP contribution in [0, 0.1) is 0 Å². The molecule has 0 fully saturated rings. The van der Waals surface area contributed by atoms with Crippen molar-refractivity contribution in [1.82, 2.24) is 0 Å². The minimum Gasteiger partial charge on any atom is -1.00 e. The van der Waals surface area contributed by atoms with E-state index < -0.39 is 36.1 Å². The van der Waals surface area contributed by atoms with Gasteiger partial charge in [0.05, 0.1) is 0 Å². The van der Waals surface area contributed by atoms with E-state index in [1.54, 1.807) is 9.79 Å². The molecule has 0 amide bonds. The summed E-state index contributed by atoms with van der Waals surface area (Å²) >= 11 is -1.10. The Bertz CT molecular complexity index is 1850. The molecule has 6 aromatic carbocycles. The molecule has 6 rings (SSSR count). The molecule has 55 heavy (non-hydrogen) atoms.